The first kappa shape index (κ1) is 15.7. The molecule has 0 aromatic carbocycles. The second-order valence-electron chi connectivity index (χ2n) is 4.09. The van der Waals surface area contributed by atoms with Crippen LogP contribution < -0.4 is 11.1 Å². The summed E-state index contributed by atoms with van der Waals surface area (Å²) >= 11 is 0. The zero-order valence-corrected chi connectivity index (χ0v) is 10.7. The van der Waals surface area contributed by atoms with Gasteiger partial charge < -0.3 is 15.8 Å². The summed E-state index contributed by atoms with van der Waals surface area (Å²) in [7, 11) is 0. The zero-order chi connectivity index (χ0) is 11.1. The number of nitrogens with two attached hydrogens (primary N) is 1. The number of unbranched alkanes of at least 4 members (excludes halogenated alkanes) is 1. The van der Waals surface area contributed by atoms with E-state index < -0.39 is 0 Å². The summed E-state index contributed by atoms with van der Waals surface area (Å²) in [6.45, 7) is 3.36. The molecule has 5 heteroatoms. The summed E-state index contributed by atoms with van der Waals surface area (Å²) in [5, 5.41) is 2.95. The predicted molar refractivity (Wildman–Crippen MR) is 66.7 cm³/mol. The average molecular weight is 251 g/mol. The highest BCUT2D eigenvalue weighted by molar-refractivity contribution is 5.85. The van der Waals surface area contributed by atoms with E-state index in [1.165, 1.54) is 0 Å². The van der Waals surface area contributed by atoms with Crippen LogP contribution in [0.25, 0.3) is 0 Å². The zero-order valence-electron chi connectivity index (χ0n) is 9.91. The third kappa shape index (κ3) is 5.14. The van der Waals surface area contributed by atoms with E-state index in [-0.39, 0.29) is 30.5 Å². The van der Waals surface area contributed by atoms with Gasteiger partial charge in [-0.2, -0.15) is 0 Å². The van der Waals surface area contributed by atoms with Gasteiger partial charge in [-0.3, -0.25) is 4.79 Å². The number of hydrogen-bond donors (Lipinski definition) is 2. The minimum atomic E-state index is -0.235. The third-order valence-electron chi connectivity index (χ3n) is 2.76. The fraction of sp³-hybridized carbons (Fsp3) is 0.909. The Kier molecular flexibility index (Phi) is 8.61. The number of nitrogens with one attached hydrogen (secondary N) is 1. The maximum absolute atomic E-state index is 11.7. The molecule has 3 N–H and O–H groups in total. The van der Waals surface area contributed by atoms with Crippen LogP contribution in [0.4, 0.5) is 0 Å². The molecule has 0 aliphatic carbocycles. The van der Waals surface area contributed by atoms with Crippen LogP contribution in [0.15, 0.2) is 0 Å². The fourth-order valence-electron chi connectivity index (χ4n) is 1.78. The molecular weight excluding hydrogens is 228 g/mol. The van der Waals surface area contributed by atoms with Crippen molar-refractivity contribution >= 4 is 18.3 Å². The van der Waals surface area contributed by atoms with E-state index in [1.807, 2.05) is 0 Å². The summed E-state index contributed by atoms with van der Waals surface area (Å²) in [6.07, 6.45) is 4.79. The Labute approximate surface area is 104 Å². The number of hydrogen-bond acceptors (Lipinski definition) is 3. The second kappa shape index (κ2) is 8.79. The van der Waals surface area contributed by atoms with Crippen molar-refractivity contribution in [1.82, 2.24) is 5.32 Å². The first-order valence-electron chi connectivity index (χ1n) is 5.90. The molecule has 2 atom stereocenters. The molecule has 96 valence electrons. The van der Waals surface area contributed by atoms with Crippen LogP contribution in [0.2, 0.25) is 0 Å². The van der Waals surface area contributed by atoms with Crippen LogP contribution in [0.3, 0.4) is 0 Å². The summed E-state index contributed by atoms with van der Waals surface area (Å²) < 4.78 is 5.31. The van der Waals surface area contributed by atoms with Gasteiger partial charge in [-0.05, 0) is 19.3 Å². The molecule has 1 rings (SSSR count). The lowest BCUT2D eigenvalue weighted by Crippen LogP contribution is -2.44. The van der Waals surface area contributed by atoms with Crippen LogP contribution in [-0.4, -0.2) is 31.2 Å². The fourth-order valence-corrected chi connectivity index (χ4v) is 1.78. The summed E-state index contributed by atoms with van der Waals surface area (Å²) in [5.41, 5.74) is 5.60. The molecule has 0 radical (unpaired) electrons. The predicted octanol–water partition coefficient (Wildman–Crippen LogP) is 1.22. The maximum Gasteiger partial charge on any atom is 0.249 e. The molecule has 0 aromatic rings. The van der Waals surface area contributed by atoms with Gasteiger partial charge in [0, 0.05) is 19.2 Å². The SMILES string of the molecule is CCCCC(CN)NC(=O)C1CCCO1.Cl. The molecule has 1 saturated heterocycles. The number of carbonyl (C=O) groups is 1. The number of halogens is 1. The number of amides is 1. The van der Waals surface area contributed by atoms with Crippen LogP contribution in [-0.2, 0) is 9.53 Å². The van der Waals surface area contributed by atoms with Crippen LogP contribution in [0.5, 0.6) is 0 Å². The number of rotatable bonds is 6. The Morgan fingerprint density at radius 1 is 1.62 bits per heavy atom. The Hall–Kier alpha value is -0.320. The van der Waals surface area contributed by atoms with Gasteiger partial charge in [-0.15, -0.1) is 12.4 Å². The highest BCUT2D eigenvalue weighted by Crippen LogP contribution is 2.12. The first-order chi connectivity index (χ1) is 7.27. The normalized spacial score (nSPS) is 21.2. The molecular formula is C11H23ClN2O2. The van der Waals surface area contributed by atoms with Gasteiger partial charge in [0.2, 0.25) is 5.91 Å². The Balaban J connectivity index is 0.00000225. The molecule has 1 heterocycles. The summed E-state index contributed by atoms with van der Waals surface area (Å²) in [6, 6.07) is 0.113. The molecule has 1 fully saturated rings. The van der Waals surface area contributed by atoms with Crippen molar-refractivity contribution in [1.29, 1.82) is 0 Å². The minimum Gasteiger partial charge on any atom is -0.368 e. The second-order valence-corrected chi connectivity index (χ2v) is 4.09. The van der Waals surface area contributed by atoms with Crippen molar-refractivity contribution in [3.63, 3.8) is 0 Å². The van der Waals surface area contributed by atoms with Crippen LogP contribution in [0.1, 0.15) is 39.0 Å². The van der Waals surface area contributed by atoms with Gasteiger partial charge in [0.1, 0.15) is 6.10 Å². The first-order valence-corrected chi connectivity index (χ1v) is 5.90. The minimum absolute atomic E-state index is 0. The topological polar surface area (TPSA) is 64.3 Å². The van der Waals surface area contributed by atoms with E-state index in [2.05, 4.69) is 12.2 Å². The molecule has 4 nitrogen and oxygen atoms in total. The van der Waals surface area contributed by atoms with Gasteiger partial charge in [0.15, 0.2) is 0 Å². The lowest BCUT2D eigenvalue weighted by molar-refractivity contribution is -0.130. The van der Waals surface area contributed by atoms with Gasteiger partial charge in [0.25, 0.3) is 0 Å². The Morgan fingerprint density at radius 3 is 2.88 bits per heavy atom. The molecule has 0 aromatic heterocycles. The van der Waals surface area contributed by atoms with Crippen LogP contribution in [0, 0.1) is 0 Å². The highest BCUT2D eigenvalue weighted by Gasteiger charge is 2.24. The maximum atomic E-state index is 11.7. The third-order valence-corrected chi connectivity index (χ3v) is 2.76. The lowest BCUT2D eigenvalue weighted by Gasteiger charge is -2.18. The van der Waals surface area contributed by atoms with Crippen molar-refractivity contribution in [3.05, 3.63) is 0 Å². The van der Waals surface area contributed by atoms with E-state index in [1.54, 1.807) is 0 Å². The van der Waals surface area contributed by atoms with Gasteiger partial charge in [0.05, 0.1) is 0 Å². The molecule has 16 heavy (non-hydrogen) atoms. The van der Waals surface area contributed by atoms with Crippen molar-refractivity contribution in [3.8, 4) is 0 Å². The Morgan fingerprint density at radius 2 is 2.38 bits per heavy atom. The number of carbonyl (C=O) groups excluding carboxylic acids is 1. The van der Waals surface area contributed by atoms with E-state index in [9.17, 15) is 4.79 Å². The average Bonchev–Trinajstić information content (AvgIpc) is 2.77. The quantitative estimate of drug-likeness (QED) is 0.745. The summed E-state index contributed by atoms with van der Waals surface area (Å²) in [4.78, 5) is 11.7. The van der Waals surface area contributed by atoms with E-state index >= 15 is 0 Å². The standard InChI is InChI=1S/C11H22N2O2.ClH/c1-2-3-5-9(8-12)13-11(14)10-6-4-7-15-10;/h9-10H,2-8,12H2,1H3,(H,13,14);1H. The molecule has 0 spiro atoms. The molecule has 0 saturated carbocycles. The van der Waals surface area contributed by atoms with Gasteiger partial charge in [-0.1, -0.05) is 19.8 Å². The highest BCUT2D eigenvalue weighted by atomic mass is 35.5. The van der Waals surface area contributed by atoms with Gasteiger partial charge >= 0.3 is 0 Å². The summed E-state index contributed by atoms with van der Waals surface area (Å²) in [5.74, 6) is 0.0130. The smallest absolute Gasteiger partial charge is 0.249 e. The molecule has 2 unspecified atom stereocenters. The van der Waals surface area contributed by atoms with Crippen molar-refractivity contribution in [2.75, 3.05) is 13.2 Å². The van der Waals surface area contributed by atoms with Crippen molar-refractivity contribution < 1.29 is 9.53 Å². The molecule has 1 aliphatic heterocycles. The monoisotopic (exact) mass is 250 g/mol. The van der Waals surface area contributed by atoms with Crippen molar-refractivity contribution in [2.45, 2.75) is 51.2 Å². The van der Waals surface area contributed by atoms with Crippen LogP contribution >= 0.6 is 12.4 Å². The molecule has 1 aliphatic rings. The van der Waals surface area contributed by atoms with Crippen molar-refractivity contribution in [2.24, 2.45) is 5.73 Å². The van der Waals surface area contributed by atoms with Gasteiger partial charge in [-0.25, -0.2) is 0 Å². The Bertz CT molecular complexity index is 196. The van der Waals surface area contributed by atoms with E-state index in [0.29, 0.717) is 13.2 Å². The number of ether oxygens (including phenoxy) is 1. The van der Waals surface area contributed by atoms with E-state index in [4.69, 9.17) is 10.5 Å². The lowest BCUT2D eigenvalue weighted by atomic mass is 10.1. The molecule has 1 amide bonds. The van der Waals surface area contributed by atoms with E-state index in [0.717, 1.165) is 32.1 Å². The molecule has 0 bridgehead atoms. The largest absolute Gasteiger partial charge is 0.368 e.